The molecule has 0 aromatic carbocycles. The molecule has 0 amide bonds. The minimum absolute atomic E-state index is 0.0128. The van der Waals surface area contributed by atoms with Crippen molar-refractivity contribution in [1.82, 2.24) is 23.9 Å². The molecule has 0 radical (unpaired) electrons. The fourth-order valence-electron chi connectivity index (χ4n) is 2.29. The van der Waals surface area contributed by atoms with Crippen molar-refractivity contribution in [2.45, 2.75) is 13.0 Å². The number of imidazole rings is 2. The van der Waals surface area contributed by atoms with Gasteiger partial charge in [-0.15, -0.1) is 0 Å². The summed E-state index contributed by atoms with van der Waals surface area (Å²) < 4.78 is 3.17. The monoisotopic (exact) mass is 277 g/mol. The first-order chi connectivity index (χ1) is 9.74. The van der Waals surface area contributed by atoms with E-state index in [9.17, 15) is 9.90 Å². The van der Waals surface area contributed by atoms with E-state index in [1.807, 2.05) is 0 Å². The molecule has 0 aliphatic rings. The average molecular weight is 277 g/mol. The SMILES string of the molecule is O=c1c2ncn(C[C@H](CO)CCO)c2[nH]c2nccn12. The van der Waals surface area contributed by atoms with Crippen LogP contribution in [-0.4, -0.2) is 47.3 Å². The Labute approximate surface area is 113 Å². The summed E-state index contributed by atoms with van der Waals surface area (Å²) >= 11 is 0. The highest BCUT2D eigenvalue weighted by Crippen LogP contribution is 2.12. The standard InChI is InChI=1S/C12H15N5O3/c18-4-1-8(6-19)5-16-7-14-9-10(16)15-12-13-2-3-17(12)11(9)20/h2-3,7-8,18-19H,1,4-6H2,(H,13,15)/t8-/m1/s1. The van der Waals surface area contributed by atoms with Crippen LogP contribution in [-0.2, 0) is 6.54 Å². The largest absolute Gasteiger partial charge is 0.396 e. The number of hydrogen-bond donors (Lipinski definition) is 3. The lowest BCUT2D eigenvalue weighted by molar-refractivity contribution is 0.171. The quantitative estimate of drug-likeness (QED) is 0.575. The van der Waals surface area contributed by atoms with Crippen LogP contribution in [0.1, 0.15) is 6.42 Å². The van der Waals surface area contributed by atoms with Crippen molar-refractivity contribution >= 4 is 16.9 Å². The zero-order chi connectivity index (χ0) is 14.1. The van der Waals surface area contributed by atoms with E-state index >= 15 is 0 Å². The summed E-state index contributed by atoms with van der Waals surface area (Å²) in [6.07, 6.45) is 5.17. The number of aliphatic hydroxyl groups excluding tert-OH is 2. The van der Waals surface area contributed by atoms with Gasteiger partial charge in [0.05, 0.1) is 6.33 Å². The first-order valence-electron chi connectivity index (χ1n) is 6.36. The fourth-order valence-corrected chi connectivity index (χ4v) is 2.29. The molecule has 3 N–H and O–H groups in total. The molecule has 1 atom stereocenters. The molecule has 3 heterocycles. The normalized spacial score (nSPS) is 13.3. The van der Waals surface area contributed by atoms with Crippen LogP contribution in [0, 0.1) is 5.92 Å². The molecule has 3 aromatic rings. The molecule has 0 unspecified atom stereocenters. The van der Waals surface area contributed by atoms with Gasteiger partial charge in [0.1, 0.15) is 5.65 Å². The van der Waals surface area contributed by atoms with Gasteiger partial charge in [-0.25, -0.2) is 14.4 Å². The number of nitrogens with one attached hydrogen (secondary N) is 1. The molecule has 8 nitrogen and oxygen atoms in total. The highest BCUT2D eigenvalue weighted by molar-refractivity contribution is 5.71. The summed E-state index contributed by atoms with van der Waals surface area (Å²) in [5.41, 5.74) is 0.675. The van der Waals surface area contributed by atoms with Crippen molar-refractivity contribution in [2.24, 2.45) is 5.92 Å². The number of aliphatic hydroxyl groups is 2. The Morgan fingerprint density at radius 2 is 2.20 bits per heavy atom. The smallest absolute Gasteiger partial charge is 0.287 e. The number of aromatic nitrogens is 5. The molecule has 0 saturated heterocycles. The van der Waals surface area contributed by atoms with Crippen LogP contribution >= 0.6 is 0 Å². The summed E-state index contributed by atoms with van der Waals surface area (Å²) in [6.45, 7) is 0.454. The molecule has 0 aliphatic heterocycles. The lowest BCUT2D eigenvalue weighted by atomic mass is 10.1. The van der Waals surface area contributed by atoms with Crippen LogP contribution < -0.4 is 5.56 Å². The van der Waals surface area contributed by atoms with Crippen molar-refractivity contribution < 1.29 is 10.2 Å². The number of nitrogens with zero attached hydrogens (tertiary/aromatic N) is 4. The highest BCUT2D eigenvalue weighted by atomic mass is 16.3. The van der Waals surface area contributed by atoms with E-state index in [2.05, 4.69) is 15.0 Å². The number of aromatic amines is 1. The molecule has 3 rings (SSSR count). The predicted octanol–water partition coefficient (Wildman–Crippen LogP) is -0.637. The molecule has 0 spiro atoms. The summed E-state index contributed by atoms with van der Waals surface area (Å²) in [6, 6.07) is 0. The zero-order valence-electron chi connectivity index (χ0n) is 10.7. The van der Waals surface area contributed by atoms with Crippen molar-refractivity contribution in [2.75, 3.05) is 13.2 Å². The van der Waals surface area contributed by atoms with Gasteiger partial charge < -0.3 is 19.8 Å². The van der Waals surface area contributed by atoms with E-state index in [1.165, 1.54) is 4.40 Å². The molecule has 0 fully saturated rings. The van der Waals surface area contributed by atoms with Gasteiger partial charge >= 0.3 is 0 Å². The van der Waals surface area contributed by atoms with E-state index in [-0.39, 0.29) is 24.7 Å². The van der Waals surface area contributed by atoms with E-state index in [1.54, 1.807) is 23.3 Å². The van der Waals surface area contributed by atoms with Gasteiger partial charge in [0.15, 0.2) is 5.52 Å². The maximum atomic E-state index is 12.2. The van der Waals surface area contributed by atoms with Crippen LogP contribution in [0.15, 0.2) is 23.5 Å². The van der Waals surface area contributed by atoms with E-state index < -0.39 is 0 Å². The highest BCUT2D eigenvalue weighted by Gasteiger charge is 2.14. The topological polar surface area (TPSA) is 108 Å². The number of hydrogen-bond acceptors (Lipinski definition) is 5. The Morgan fingerprint density at radius 1 is 1.35 bits per heavy atom. The number of H-pyrrole nitrogens is 1. The summed E-state index contributed by atoms with van der Waals surface area (Å²) in [5, 5.41) is 18.2. The molecule has 106 valence electrons. The van der Waals surface area contributed by atoms with Crippen LogP contribution in [0.3, 0.4) is 0 Å². The molecule has 8 heteroatoms. The first-order valence-corrected chi connectivity index (χ1v) is 6.36. The van der Waals surface area contributed by atoms with Gasteiger partial charge in [-0.2, -0.15) is 0 Å². The van der Waals surface area contributed by atoms with Crippen molar-refractivity contribution in [3.63, 3.8) is 0 Å². The van der Waals surface area contributed by atoms with Crippen LogP contribution in [0.2, 0.25) is 0 Å². The third kappa shape index (κ3) is 1.98. The Morgan fingerprint density at radius 3 is 2.95 bits per heavy atom. The average Bonchev–Trinajstić information content (AvgIpc) is 3.06. The summed E-state index contributed by atoms with van der Waals surface area (Å²) in [7, 11) is 0. The lowest BCUT2D eigenvalue weighted by Gasteiger charge is -2.13. The van der Waals surface area contributed by atoms with Crippen molar-refractivity contribution in [1.29, 1.82) is 0 Å². The Kier molecular flexibility index (Phi) is 3.25. The van der Waals surface area contributed by atoms with Gasteiger partial charge in [0.25, 0.3) is 5.56 Å². The molecule has 0 saturated carbocycles. The Hall–Kier alpha value is -2.19. The molecular formula is C12H15N5O3. The minimum atomic E-state index is -0.229. The van der Waals surface area contributed by atoms with Crippen LogP contribution in [0.5, 0.6) is 0 Å². The zero-order valence-corrected chi connectivity index (χ0v) is 10.7. The van der Waals surface area contributed by atoms with Gasteiger partial charge in [0, 0.05) is 38.1 Å². The maximum absolute atomic E-state index is 12.2. The van der Waals surface area contributed by atoms with E-state index in [0.29, 0.717) is 29.9 Å². The lowest BCUT2D eigenvalue weighted by Crippen LogP contribution is -2.17. The van der Waals surface area contributed by atoms with Crippen LogP contribution in [0.25, 0.3) is 16.9 Å². The van der Waals surface area contributed by atoms with Gasteiger partial charge in [-0.05, 0) is 6.42 Å². The van der Waals surface area contributed by atoms with Gasteiger partial charge in [0.2, 0.25) is 5.78 Å². The van der Waals surface area contributed by atoms with Crippen molar-refractivity contribution in [3.8, 4) is 0 Å². The Balaban J connectivity index is 2.08. The maximum Gasteiger partial charge on any atom is 0.287 e. The predicted molar refractivity (Wildman–Crippen MR) is 71.4 cm³/mol. The van der Waals surface area contributed by atoms with Gasteiger partial charge in [-0.1, -0.05) is 0 Å². The summed E-state index contributed by atoms with van der Waals surface area (Å²) in [5.74, 6) is 0.365. The van der Waals surface area contributed by atoms with Crippen LogP contribution in [0.4, 0.5) is 0 Å². The Bertz CT molecular complexity index is 787. The van der Waals surface area contributed by atoms with Crippen molar-refractivity contribution in [3.05, 3.63) is 29.1 Å². The minimum Gasteiger partial charge on any atom is -0.396 e. The fraction of sp³-hybridized carbons (Fsp3) is 0.417. The number of rotatable bonds is 5. The second-order valence-electron chi connectivity index (χ2n) is 4.71. The third-order valence-electron chi connectivity index (χ3n) is 3.38. The molecule has 3 aromatic heterocycles. The molecule has 0 bridgehead atoms. The molecular weight excluding hydrogens is 262 g/mol. The van der Waals surface area contributed by atoms with E-state index in [0.717, 1.165) is 0 Å². The second kappa shape index (κ2) is 5.06. The first kappa shape index (κ1) is 12.8. The molecule has 0 aliphatic carbocycles. The second-order valence-corrected chi connectivity index (χ2v) is 4.71. The summed E-state index contributed by atoms with van der Waals surface area (Å²) in [4.78, 5) is 23.4. The van der Waals surface area contributed by atoms with E-state index in [4.69, 9.17) is 5.11 Å². The number of fused-ring (bicyclic) bond motifs is 2. The molecule has 20 heavy (non-hydrogen) atoms. The third-order valence-corrected chi connectivity index (χ3v) is 3.38. The van der Waals surface area contributed by atoms with Gasteiger partial charge in [-0.3, -0.25) is 4.79 Å².